The van der Waals surface area contributed by atoms with Crippen LogP contribution in [-0.2, 0) is 12.8 Å². The molecule has 3 aromatic rings. The third kappa shape index (κ3) is 2.94. The molecule has 2 heterocycles. The summed E-state index contributed by atoms with van der Waals surface area (Å²) in [5, 5.41) is 13.3. The Kier molecular flexibility index (Phi) is 4.33. The predicted molar refractivity (Wildman–Crippen MR) is 106 cm³/mol. The molecule has 0 unspecified atom stereocenters. The molecule has 0 atom stereocenters. The highest BCUT2D eigenvalue weighted by atomic mass is 32.1. The summed E-state index contributed by atoms with van der Waals surface area (Å²) >= 11 is 1.45. The summed E-state index contributed by atoms with van der Waals surface area (Å²) in [5.41, 5.74) is 3.59. The van der Waals surface area contributed by atoms with Crippen LogP contribution in [0.4, 0.5) is 5.00 Å². The van der Waals surface area contributed by atoms with Crippen LogP contribution in [-0.4, -0.2) is 5.91 Å². The molecule has 5 nitrogen and oxygen atoms in total. The van der Waals surface area contributed by atoms with Gasteiger partial charge in [-0.15, -0.1) is 11.3 Å². The van der Waals surface area contributed by atoms with Gasteiger partial charge < -0.3 is 9.73 Å². The van der Waals surface area contributed by atoms with Crippen LogP contribution in [0.5, 0.6) is 0 Å². The first kappa shape index (κ1) is 17.5. The largest absolute Gasteiger partial charge is 0.450 e. The maximum atomic E-state index is 12.7. The number of carbonyl (C=O) groups excluding carboxylic acids is 1. The molecule has 0 bridgehead atoms. The fourth-order valence-corrected chi connectivity index (χ4v) is 4.74. The minimum Gasteiger partial charge on any atom is -0.450 e. The van der Waals surface area contributed by atoms with Crippen molar-refractivity contribution >= 4 is 33.2 Å². The van der Waals surface area contributed by atoms with E-state index in [0.717, 1.165) is 42.4 Å². The number of anilines is 1. The van der Waals surface area contributed by atoms with E-state index >= 15 is 0 Å². The zero-order valence-electron chi connectivity index (χ0n) is 15.1. The molecule has 0 saturated heterocycles. The minimum absolute atomic E-state index is 0.0449. The van der Waals surface area contributed by atoms with Crippen LogP contribution >= 0.6 is 11.3 Å². The fraction of sp³-hybridized carbons (Fsp3) is 0.286. The topological polar surface area (TPSA) is 83.1 Å². The second-order valence-electron chi connectivity index (χ2n) is 6.84. The molecule has 0 radical (unpaired) electrons. The van der Waals surface area contributed by atoms with E-state index in [0.29, 0.717) is 21.5 Å². The van der Waals surface area contributed by atoms with E-state index in [1.54, 1.807) is 6.07 Å². The van der Waals surface area contributed by atoms with Crippen LogP contribution in [0.25, 0.3) is 11.0 Å². The number of hydrogen-bond acceptors (Lipinski definition) is 5. The van der Waals surface area contributed by atoms with Crippen molar-refractivity contribution < 1.29 is 9.21 Å². The van der Waals surface area contributed by atoms with Gasteiger partial charge in [-0.2, -0.15) is 5.26 Å². The van der Waals surface area contributed by atoms with E-state index in [-0.39, 0.29) is 11.2 Å². The van der Waals surface area contributed by atoms with Crippen molar-refractivity contribution in [1.82, 2.24) is 0 Å². The Morgan fingerprint density at radius 3 is 2.81 bits per heavy atom. The summed E-state index contributed by atoms with van der Waals surface area (Å²) in [6, 6.07) is 7.02. The van der Waals surface area contributed by atoms with Crippen LogP contribution in [0.1, 0.15) is 50.5 Å². The second kappa shape index (κ2) is 6.67. The number of nitriles is 1. The minimum atomic E-state index is -0.509. The summed E-state index contributed by atoms with van der Waals surface area (Å²) in [7, 11) is 0. The molecule has 2 aromatic heterocycles. The van der Waals surface area contributed by atoms with E-state index in [2.05, 4.69) is 11.4 Å². The van der Waals surface area contributed by atoms with Gasteiger partial charge in [-0.25, -0.2) is 0 Å². The molecule has 1 aliphatic rings. The van der Waals surface area contributed by atoms with E-state index in [9.17, 15) is 14.9 Å². The number of nitrogens with one attached hydrogen (secondary N) is 1. The highest BCUT2D eigenvalue weighted by molar-refractivity contribution is 7.16. The van der Waals surface area contributed by atoms with Gasteiger partial charge in [-0.05, 0) is 62.3 Å². The zero-order valence-corrected chi connectivity index (χ0v) is 16.0. The van der Waals surface area contributed by atoms with Crippen molar-refractivity contribution in [3.8, 4) is 6.07 Å². The van der Waals surface area contributed by atoms with E-state index in [4.69, 9.17) is 4.42 Å². The SMILES string of the molecule is Cc1ccc2c(=O)cc(C(=O)Nc3sc4c(c3C#N)CCCC4)oc2c1C. The molecule has 6 heteroatoms. The van der Waals surface area contributed by atoms with Crippen molar-refractivity contribution in [2.45, 2.75) is 39.5 Å². The molecule has 1 aliphatic carbocycles. The quantitative estimate of drug-likeness (QED) is 0.713. The Morgan fingerprint density at radius 1 is 1.26 bits per heavy atom. The number of rotatable bonds is 2. The normalized spacial score (nSPS) is 13.2. The number of fused-ring (bicyclic) bond motifs is 2. The summed E-state index contributed by atoms with van der Waals surface area (Å²) in [5.74, 6) is -0.554. The first-order valence-corrected chi connectivity index (χ1v) is 9.71. The number of nitrogens with zero attached hydrogens (tertiary/aromatic N) is 1. The Morgan fingerprint density at radius 2 is 2.04 bits per heavy atom. The molecule has 1 N–H and O–H groups in total. The number of carbonyl (C=O) groups is 1. The maximum absolute atomic E-state index is 12.7. The first-order chi connectivity index (χ1) is 13.0. The summed E-state index contributed by atoms with van der Waals surface area (Å²) < 4.78 is 5.77. The van der Waals surface area contributed by atoms with E-state index < -0.39 is 5.91 Å². The van der Waals surface area contributed by atoms with Gasteiger partial charge in [0.25, 0.3) is 5.91 Å². The number of thiophene rings is 1. The number of benzene rings is 1. The lowest BCUT2D eigenvalue weighted by Gasteiger charge is -2.09. The molecule has 0 spiro atoms. The Balaban J connectivity index is 1.74. The van der Waals surface area contributed by atoms with Crippen molar-refractivity contribution in [2.24, 2.45) is 0 Å². The zero-order chi connectivity index (χ0) is 19.1. The van der Waals surface area contributed by atoms with Crippen molar-refractivity contribution in [3.05, 3.63) is 61.3 Å². The van der Waals surface area contributed by atoms with Crippen LogP contribution in [0.2, 0.25) is 0 Å². The Labute approximate surface area is 160 Å². The van der Waals surface area contributed by atoms with Gasteiger partial charge in [0.1, 0.15) is 16.7 Å². The second-order valence-corrected chi connectivity index (χ2v) is 7.95. The van der Waals surface area contributed by atoms with Crippen LogP contribution < -0.4 is 10.7 Å². The standard InChI is InChI=1S/C21H18N2O3S/c1-11-7-8-14-16(24)9-17(26-19(14)12(11)2)20(25)23-21-15(10-22)13-5-3-4-6-18(13)27-21/h7-9H,3-6H2,1-2H3,(H,23,25). The monoisotopic (exact) mass is 378 g/mol. The summed E-state index contributed by atoms with van der Waals surface area (Å²) in [4.78, 5) is 26.3. The number of hydrogen-bond donors (Lipinski definition) is 1. The molecular weight excluding hydrogens is 360 g/mol. The molecular formula is C21H18N2O3S. The third-order valence-electron chi connectivity index (χ3n) is 5.15. The number of amides is 1. The van der Waals surface area contributed by atoms with Crippen LogP contribution in [0, 0.1) is 25.2 Å². The van der Waals surface area contributed by atoms with Gasteiger partial charge in [0.15, 0.2) is 11.2 Å². The first-order valence-electron chi connectivity index (χ1n) is 8.89. The van der Waals surface area contributed by atoms with Gasteiger partial charge in [-0.3, -0.25) is 9.59 Å². The van der Waals surface area contributed by atoms with Crippen LogP contribution in [0.15, 0.2) is 27.4 Å². The summed E-state index contributed by atoms with van der Waals surface area (Å²) in [6.07, 6.45) is 3.97. The van der Waals surface area contributed by atoms with Gasteiger partial charge in [0, 0.05) is 10.9 Å². The van der Waals surface area contributed by atoms with E-state index in [1.165, 1.54) is 22.3 Å². The third-order valence-corrected chi connectivity index (χ3v) is 6.36. The van der Waals surface area contributed by atoms with Gasteiger partial charge in [0.2, 0.25) is 0 Å². The fourth-order valence-electron chi connectivity index (χ4n) is 3.50. The smallest absolute Gasteiger partial charge is 0.292 e. The molecule has 0 saturated carbocycles. The van der Waals surface area contributed by atoms with Crippen LogP contribution in [0.3, 0.4) is 0 Å². The average molecular weight is 378 g/mol. The summed E-state index contributed by atoms with van der Waals surface area (Å²) in [6.45, 7) is 3.79. The van der Waals surface area contributed by atoms with Gasteiger partial charge in [-0.1, -0.05) is 6.07 Å². The molecule has 1 amide bonds. The van der Waals surface area contributed by atoms with Crippen molar-refractivity contribution in [3.63, 3.8) is 0 Å². The van der Waals surface area contributed by atoms with Gasteiger partial charge in [0.05, 0.1) is 10.9 Å². The van der Waals surface area contributed by atoms with Gasteiger partial charge >= 0.3 is 0 Å². The highest BCUT2D eigenvalue weighted by Gasteiger charge is 2.23. The van der Waals surface area contributed by atoms with E-state index in [1.807, 2.05) is 19.9 Å². The maximum Gasteiger partial charge on any atom is 0.292 e. The Bertz CT molecular complexity index is 1180. The lowest BCUT2D eigenvalue weighted by Crippen LogP contribution is -2.15. The molecule has 136 valence electrons. The number of aryl methyl sites for hydroxylation is 3. The molecule has 4 rings (SSSR count). The highest BCUT2D eigenvalue weighted by Crippen LogP contribution is 2.37. The predicted octanol–water partition coefficient (Wildman–Crippen LogP) is 4.47. The lowest BCUT2D eigenvalue weighted by molar-refractivity contribution is 0.0997. The lowest BCUT2D eigenvalue weighted by atomic mass is 9.96. The molecule has 27 heavy (non-hydrogen) atoms. The Hall–Kier alpha value is -2.91. The average Bonchev–Trinajstić information content (AvgIpc) is 3.01. The molecule has 0 aliphatic heterocycles. The van der Waals surface area contributed by atoms with Crippen molar-refractivity contribution in [1.29, 1.82) is 5.26 Å². The molecule has 1 aromatic carbocycles. The molecule has 0 fully saturated rings. The van der Waals surface area contributed by atoms with Crippen molar-refractivity contribution in [2.75, 3.05) is 5.32 Å².